The van der Waals surface area contributed by atoms with Gasteiger partial charge in [0.1, 0.15) is 6.61 Å². The topological polar surface area (TPSA) is 48.0 Å². The number of carbonyl (C=O) groups excluding carboxylic acids is 1. The van der Waals surface area contributed by atoms with E-state index in [9.17, 15) is 4.79 Å². The first kappa shape index (κ1) is 24.1. The van der Waals surface area contributed by atoms with Gasteiger partial charge in [-0.2, -0.15) is 0 Å². The largest absolute Gasteiger partial charge is 0.493 e. The molecule has 1 aliphatic heterocycles. The van der Waals surface area contributed by atoms with Crippen LogP contribution in [0.5, 0.6) is 11.5 Å². The number of methoxy groups -OCH3 is 1. The molecule has 6 heteroatoms. The predicted molar refractivity (Wildman–Crippen MR) is 134 cm³/mol. The lowest BCUT2D eigenvalue weighted by Gasteiger charge is -2.41. The molecule has 178 valence electrons. The Morgan fingerprint density at radius 3 is 2.68 bits per heavy atom. The van der Waals surface area contributed by atoms with Crippen molar-refractivity contribution in [2.24, 2.45) is 0 Å². The fourth-order valence-electron chi connectivity index (χ4n) is 4.66. The van der Waals surface area contributed by atoms with E-state index < -0.39 is 5.72 Å². The van der Waals surface area contributed by atoms with Gasteiger partial charge in [0.2, 0.25) is 0 Å². The number of allylic oxidation sites excluding steroid dienone is 1. The van der Waals surface area contributed by atoms with E-state index in [2.05, 4.69) is 19.6 Å². The molecular formula is C28H30ClNO4. The number of amides is 1. The molecule has 2 aromatic carbocycles. The zero-order valence-corrected chi connectivity index (χ0v) is 20.4. The molecule has 2 aromatic rings. The smallest absolute Gasteiger partial charge is 0.256 e. The van der Waals surface area contributed by atoms with Crippen molar-refractivity contribution in [2.75, 3.05) is 20.3 Å². The van der Waals surface area contributed by atoms with Crippen LogP contribution in [0.2, 0.25) is 5.02 Å². The number of carbonyl (C=O) groups is 1. The van der Waals surface area contributed by atoms with Crippen molar-refractivity contribution in [3.05, 3.63) is 94.6 Å². The van der Waals surface area contributed by atoms with Crippen LogP contribution in [0.15, 0.2) is 78.4 Å². The zero-order valence-electron chi connectivity index (χ0n) is 19.7. The molecule has 1 unspecified atom stereocenters. The highest BCUT2D eigenvalue weighted by Gasteiger charge is 2.53. The first-order valence-corrected chi connectivity index (χ1v) is 12.0. The van der Waals surface area contributed by atoms with E-state index in [1.54, 1.807) is 13.2 Å². The average molecular weight is 480 g/mol. The van der Waals surface area contributed by atoms with E-state index in [0.29, 0.717) is 29.7 Å². The van der Waals surface area contributed by atoms with Crippen LogP contribution in [0, 0.1) is 0 Å². The van der Waals surface area contributed by atoms with Gasteiger partial charge in [-0.25, -0.2) is 0 Å². The number of hydrogen-bond acceptors (Lipinski definition) is 4. The van der Waals surface area contributed by atoms with Crippen LogP contribution < -0.4 is 9.47 Å². The van der Waals surface area contributed by atoms with Gasteiger partial charge in [0, 0.05) is 22.7 Å². The van der Waals surface area contributed by atoms with Crippen molar-refractivity contribution >= 4 is 17.5 Å². The number of ether oxygens (including phenoxy) is 3. The van der Waals surface area contributed by atoms with Crippen molar-refractivity contribution in [1.29, 1.82) is 0 Å². The van der Waals surface area contributed by atoms with Crippen molar-refractivity contribution in [3.63, 3.8) is 0 Å². The predicted octanol–water partition coefficient (Wildman–Crippen LogP) is 6.18. The molecule has 0 bridgehead atoms. The Kier molecular flexibility index (Phi) is 7.44. The van der Waals surface area contributed by atoms with Gasteiger partial charge in [0.15, 0.2) is 17.2 Å². The molecule has 2 aliphatic rings. The Balaban J connectivity index is 1.77. The summed E-state index contributed by atoms with van der Waals surface area (Å²) < 4.78 is 18.0. The van der Waals surface area contributed by atoms with Crippen LogP contribution in [0.1, 0.15) is 37.3 Å². The Morgan fingerprint density at radius 2 is 1.97 bits per heavy atom. The Labute approximate surface area is 206 Å². The molecule has 0 saturated carbocycles. The molecule has 0 saturated heterocycles. The van der Waals surface area contributed by atoms with E-state index in [-0.39, 0.29) is 12.5 Å². The minimum atomic E-state index is -0.986. The minimum absolute atomic E-state index is 0.00693. The zero-order chi connectivity index (χ0) is 24.1. The van der Waals surface area contributed by atoms with Crippen LogP contribution in [0.25, 0.3) is 0 Å². The summed E-state index contributed by atoms with van der Waals surface area (Å²) in [5.74, 6) is 1.27. The fraction of sp³-hybridized carbons (Fsp3) is 0.321. The molecule has 4 rings (SSSR count). The normalized spacial score (nSPS) is 19.4. The van der Waals surface area contributed by atoms with Crippen molar-refractivity contribution in [2.45, 2.75) is 38.5 Å². The molecule has 5 nitrogen and oxygen atoms in total. The van der Waals surface area contributed by atoms with Crippen LogP contribution in [0.3, 0.4) is 0 Å². The molecular weight excluding hydrogens is 450 g/mol. The average Bonchev–Trinajstić information content (AvgIpc) is 3.10. The summed E-state index contributed by atoms with van der Waals surface area (Å²) in [5.41, 5.74) is 2.57. The molecule has 0 radical (unpaired) electrons. The molecule has 0 aromatic heterocycles. The first-order chi connectivity index (χ1) is 16.5. The summed E-state index contributed by atoms with van der Waals surface area (Å²) in [4.78, 5) is 15.4. The summed E-state index contributed by atoms with van der Waals surface area (Å²) in [5, 5.41) is 0.641. The van der Waals surface area contributed by atoms with Crippen molar-refractivity contribution in [3.8, 4) is 11.5 Å². The van der Waals surface area contributed by atoms with Gasteiger partial charge in [-0.1, -0.05) is 61.5 Å². The van der Waals surface area contributed by atoms with Gasteiger partial charge in [-0.3, -0.25) is 4.79 Å². The fourth-order valence-corrected chi connectivity index (χ4v) is 4.79. The number of nitrogens with zero attached hydrogens (tertiary/aromatic N) is 1. The molecule has 1 heterocycles. The highest BCUT2D eigenvalue weighted by atomic mass is 35.5. The van der Waals surface area contributed by atoms with E-state index in [4.69, 9.17) is 25.8 Å². The monoisotopic (exact) mass is 479 g/mol. The SMILES string of the molecule is C=CCOc1cc(COC2(c3ccc(Cl)cc3)C3=C(C=CCC3)C(=O)N2CCC)ccc1OC. The van der Waals surface area contributed by atoms with Gasteiger partial charge in [-0.05, 0) is 54.7 Å². The highest BCUT2D eigenvalue weighted by molar-refractivity contribution is 6.30. The standard InChI is InChI=1S/C28H30ClNO4/c1-4-16-30-27(31)23-8-6-7-9-24(23)28(30,21-11-13-22(29)14-12-21)34-19-20-10-15-25(32-3)26(18-20)33-17-5-2/h5-6,8,10-15,18H,2,4,7,9,16-17,19H2,1,3H3. The summed E-state index contributed by atoms with van der Waals surface area (Å²) in [6.45, 7) is 7.02. The number of halogens is 1. The maximum absolute atomic E-state index is 13.5. The second kappa shape index (κ2) is 10.5. The number of rotatable bonds is 10. The van der Waals surface area contributed by atoms with E-state index in [1.807, 2.05) is 53.4 Å². The first-order valence-electron chi connectivity index (χ1n) is 11.6. The van der Waals surface area contributed by atoms with E-state index in [0.717, 1.165) is 41.5 Å². The summed E-state index contributed by atoms with van der Waals surface area (Å²) in [7, 11) is 1.61. The third kappa shape index (κ3) is 4.38. The highest BCUT2D eigenvalue weighted by Crippen LogP contribution is 2.49. The maximum atomic E-state index is 13.5. The molecule has 0 N–H and O–H groups in total. The Morgan fingerprint density at radius 1 is 1.18 bits per heavy atom. The molecule has 0 spiro atoms. The molecule has 0 fully saturated rings. The molecule has 1 aliphatic carbocycles. The Bertz CT molecular complexity index is 1120. The van der Waals surface area contributed by atoms with Crippen molar-refractivity contribution < 1.29 is 19.0 Å². The summed E-state index contributed by atoms with van der Waals surface area (Å²) in [6, 6.07) is 13.3. The molecule has 1 amide bonds. The van der Waals surface area contributed by atoms with Gasteiger partial charge < -0.3 is 19.1 Å². The maximum Gasteiger partial charge on any atom is 0.256 e. The van der Waals surface area contributed by atoms with Crippen LogP contribution in [0.4, 0.5) is 0 Å². The second-order valence-corrected chi connectivity index (χ2v) is 8.75. The third-order valence-electron chi connectivity index (χ3n) is 6.15. The van der Waals surface area contributed by atoms with E-state index in [1.165, 1.54) is 0 Å². The third-order valence-corrected chi connectivity index (χ3v) is 6.40. The van der Waals surface area contributed by atoms with Gasteiger partial charge >= 0.3 is 0 Å². The van der Waals surface area contributed by atoms with Crippen molar-refractivity contribution in [1.82, 2.24) is 4.90 Å². The Hall–Kier alpha value is -3.02. The summed E-state index contributed by atoms with van der Waals surface area (Å²) in [6.07, 6.45) is 8.14. The lowest BCUT2D eigenvalue weighted by molar-refractivity contribution is -0.162. The van der Waals surface area contributed by atoms with Gasteiger partial charge in [-0.15, -0.1) is 0 Å². The molecule has 1 atom stereocenters. The van der Waals surface area contributed by atoms with E-state index >= 15 is 0 Å². The van der Waals surface area contributed by atoms with Crippen LogP contribution in [-0.2, 0) is 21.9 Å². The number of hydrogen-bond donors (Lipinski definition) is 0. The van der Waals surface area contributed by atoms with Crippen LogP contribution in [-0.4, -0.2) is 31.1 Å². The number of benzene rings is 2. The lowest BCUT2D eigenvalue weighted by atomic mass is 9.87. The van der Waals surface area contributed by atoms with Crippen LogP contribution >= 0.6 is 11.6 Å². The minimum Gasteiger partial charge on any atom is -0.493 e. The van der Waals surface area contributed by atoms with Gasteiger partial charge in [0.25, 0.3) is 5.91 Å². The lowest BCUT2D eigenvalue weighted by Crippen LogP contribution is -2.48. The van der Waals surface area contributed by atoms with Gasteiger partial charge in [0.05, 0.1) is 13.7 Å². The summed E-state index contributed by atoms with van der Waals surface area (Å²) >= 11 is 6.21. The molecule has 34 heavy (non-hydrogen) atoms. The second-order valence-electron chi connectivity index (χ2n) is 8.31. The quantitative estimate of drug-likeness (QED) is 0.382.